The molecule has 0 spiro atoms. The molecule has 7 amide bonds. The number of carboxylic acid groups (broad SMARTS) is 1. The molecule has 0 bridgehead atoms. The number of carbonyl (C=O) groups is 7. The zero-order valence-corrected chi connectivity index (χ0v) is 59.8. The highest BCUT2D eigenvalue weighted by Crippen LogP contribution is 2.50. The van der Waals surface area contributed by atoms with Gasteiger partial charge in [-0.05, 0) is 103 Å². The van der Waals surface area contributed by atoms with Gasteiger partial charge in [-0.1, -0.05) is 93.0 Å². The minimum absolute atomic E-state index is 0.00693. The molecule has 28 heteroatoms. The fraction of sp³-hybridized carbons (Fsp3) is 0.373. The number of quaternary nitrogens is 1. The summed E-state index contributed by atoms with van der Waals surface area (Å²) in [6.07, 6.45) is 1.94. The number of benzene rings is 5. The summed E-state index contributed by atoms with van der Waals surface area (Å²) in [5.74, 6) is -2.41. The number of hydrogen-bond donors (Lipinski definition) is 6. The number of piperazine rings is 1. The van der Waals surface area contributed by atoms with Crippen LogP contribution in [0.25, 0.3) is 43.2 Å². The van der Waals surface area contributed by atoms with Gasteiger partial charge in [0.05, 0.1) is 68.7 Å². The van der Waals surface area contributed by atoms with Gasteiger partial charge in [-0.25, -0.2) is 33.9 Å². The zero-order valence-electron chi connectivity index (χ0n) is 58.3. The molecule has 10 rings (SSSR count). The Kier molecular flexibility index (Phi) is 25.7. The van der Waals surface area contributed by atoms with Crippen molar-refractivity contribution in [2.75, 3.05) is 85.1 Å². The maximum Gasteiger partial charge on any atom is 0.345 e. The van der Waals surface area contributed by atoms with Crippen LogP contribution in [0.2, 0.25) is 5.02 Å². The van der Waals surface area contributed by atoms with Crippen molar-refractivity contribution in [3.63, 3.8) is 0 Å². The summed E-state index contributed by atoms with van der Waals surface area (Å²) in [5, 5.41) is 22.6. The fourth-order valence-electron chi connectivity index (χ4n) is 12.4. The van der Waals surface area contributed by atoms with E-state index in [1.807, 2.05) is 61.5 Å². The van der Waals surface area contributed by atoms with Crippen LogP contribution in [0.4, 0.5) is 14.9 Å². The molecule has 0 radical (unpaired) electrons. The van der Waals surface area contributed by atoms with E-state index in [4.69, 9.17) is 46.0 Å². The van der Waals surface area contributed by atoms with Crippen molar-refractivity contribution >= 4 is 80.4 Å². The summed E-state index contributed by atoms with van der Waals surface area (Å²) >= 11 is 8.57. The zero-order chi connectivity index (χ0) is 73.3. The lowest BCUT2D eigenvalue weighted by Crippen LogP contribution is -2.57. The minimum Gasteiger partial charge on any atom is -0.496 e. The average Bonchev–Trinajstić information content (AvgIpc) is 1.61. The SMILES string of the molecule is COc1ccccc1-c1nccc(COc2ccccc2C[C@@H](Oc2ncnc3sc(-c4ccc(F)cc4)c(-c4ccc(OCCN5CC[N+](C)(Cc6ccc(NC(=O)[C@H](CCCNC(N)=O)NC(=O)[C@@H](NC(=O)CCOCCN7C(=O)CC(C)C7=O)C(C)C)cc6)CC5)c(Cl)c4C)c23)C(=O)O)n1. The van der Waals surface area contributed by atoms with Gasteiger partial charge in [-0.2, -0.15) is 0 Å². The second-order valence-electron chi connectivity index (χ2n) is 26.1. The summed E-state index contributed by atoms with van der Waals surface area (Å²) in [5.41, 5.74) is 11.4. The third kappa shape index (κ3) is 19.7. The second-order valence-corrected chi connectivity index (χ2v) is 27.5. The van der Waals surface area contributed by atoms with Crippen LogP contribution in [-0.4, -0.2) is 179 Å². The summed E-state index contributed by atoms with van der Waals surface area (Å²) in [6, 6.07) is 30.9. The Labute approximate surface area is 605 Å². The Bertz CT molecular complexity index is 4350. The number of carbonyl (C=O) groups excluding carboxylic acids is 6. The van der Waals surface area contributed by atoms with E-state index in [9.17, 15) is 43.1 Å². The van der Waals surface area contributed by atoms with Crippen molar-refractivity contribution in [2.24, 2.45) is 17.6 Å². The quantitative estimate of drug-likeness (QED) is 0.0124. The Balaban J connectivity index is 0.739. The van der Waals surface area contributed by atoms with Gasteiger partial charge < -0.3 is 60.3 Å². The molecule has 0 aliphatic carbocycles. The van der Waals surface area contributed by atoms with Crippen molar-refractivity contribution in [1.29, 1.82) is 0 Å². The summed E-state index contributed by atoms with van der Waals surface area (Å²) < 4.78 is 45.5. The van der Waals surface area contributed by atoms with Gasteiger partial charge in [0.25, 0.3) is 0 Å². The number of likely N-dealkylation sites (tertiary alicyclic amines) is 1. The Morgan fingerprint density at radius 1 is 0.835 bits per heavy atom. The first-order valence-electron chi connectivity index (χ1n) is 34.1. The number of aromatic nitrogens is 4. The molecule has 542 valence electrons. The molecule has 8 aromatic rings. The molecule has 2 saturated heterocycles. The Morgan fingerprint density at radius 3 is 2.28 bits per heavy atom. The van der Waals surface area contributed by atoms with Gasteiger partial charge in [0.15, 0.2) is 5.82 Å². The normalized spacial score (nSPS) is 15.3. The van der Waals surface area contributed by atoms with E-state index < -0.39 is 53.7 Å². The van der Waals surface area contributed by atoms with Crippen molar-refractivity contribution in [3.8, 4) is 56.1 Å². The molecular formula is C75H85ClFN12O13S+. The van der Waals surface area contributed by atoms with Crippen molar-refractivity contribution < 1.29 is 71.2 Å². The van der Waals surface area contributed by atoms with Gasteiger partial charge in [0.2, 0.25) is 41.5 Å². The number of nitrogens with zero attached hydrogens (tertiary/aromatic N) is 7. The van der Waals surface area contributed by atoms with Crippen LogP contribution in [0.1, 0.15) is 68.8 Å². The van der Waals surface area contributed by atoms with E-state index in [1.54, 1.807) is 82.6 Å². The predicted molar refractivity (Wildman–Crippen MR) is 387 cm³/mol. The molecule has 25 nitrogen and oxygen atoms in total. The standard InChI is InChI=1S/C75H84ClFN12O13S/c1-45(2)66(86-61(90)28-37-99-38-34-88-62(91)40-46(3)73(88)94)70(93)85-56(14-11-29-80-75(78)97)69(92)84-52-23-17-48(18-24-52)42-89(5)35-31-87(32-36-89)33-39-100-59-26-25-54(47(4)65(59)76)63-64-71(81-44-82-72(64)103-67(63)49-19-21-51(77)22-20-49)102-60(74(95)96)41-50-12-7-9-15-57(50)101-43-53-27-30-79-68(83-53)55-13-8-10-16-58(55)98-6/h7-10,12-13,15-27,30,44-46,56,60,66H,11,14,28-29,31-43H2,1-6H3,(H6-,78,80,84,85,86,90,92,93,95,96,97)/p+1/t46?,56-,60+,66-/m0/s1. The van der Waals surface area contributed by atoms with Crippen LogP contribution in [0.3, 0.4) is 0 Å². The number of ether oxygens (including phenoxy) is 5. The summed E-state index contributed by atoms with van der Waals surface area (Å²) in [6.45, 7) is 12.5. The molecule has 2 aliphatic rings. The molecule has 2 fully saturated rings. The van der Waals surface area contributed by atoms with E-state index in [0.29, 0.717) is 102 Å². The predicted octanol–water partition coefficient (Wildman–Crippen LogP) is 9.40. The first kappa shape index (κ1) is 75.5. The summed E-state index contributed by atoms with van der Waals surface area (Å²) in [4.78, 5) is 113. The maximum atomic E-state index is 14.5. The number of fused-ring (bicyclic) bond motifs is 1. The van der Waals surface area contributed by atoms with Crippen molar-refractivity contribution in [2.45, 2.75) is 91.1 Å². The van der Waals surface area contributed by atoms with E-state index >= 15 is 0 Å². The molecule has 2 aliphatic heterocycles. The number of likely N-dealkylation sites (N-methyl/N-ethyl adjacent to an activating group) is 1. The van der Waals surface area contributed by atoms with Gasteiger partial charge in [0, 0.05) is 79.2 Å². The monoisotopic (exact) mass is 1450 g/mol. The number of hydrogen-bond acceptors (Lipinski definition) is 18. The molecule has 5 heterocycles. The van der Waals surface area contributed by atoms with E-state index in [-0.39, 0.29) is 88.1 Å². The number of rotatable bonds is 34. The highest BCUT2D eigenvalue weighted by Gasteiger charge is 2.36. The number of nitrogens with two attached hydrogens (primary N) is 1. The topological polar surface area (TPSA) is 318 Å². The lowest BCUT2D eigenvalue weighted by Gasteiger charge is -2.42. The highest BCUT2D eigenvalue weighted by molar-refractivity contribution is 7.22. The van der Waals surface area contributed by atoms with E-state index in [0.717, 1.165) is 53.2 Å². The number of halogens is 2. The molecule has 0 saturated carbocycles. The first-order valence-corrected chi connectivity index (χ1v) is 35.3. The number of primary amides is 1. The number of amides is 7. The van der Waals surface area contributed by atoms with Gasteiger partial charge in [0.1, 0.15) is 66.1 Å². The molecule has 4 atom stereocenters. The van der Waals surface area contributed by atoms with Crippen molar-refractivity contribution in [1.82, 2.24) is 45.7 Å². The number of carboxylic acids is 1. The number of anilines is 1. The molecular weight excluding hydrogens is 1360 g/mol. The molecule has 103 heavy (non-hydrogen) atoms. The lowest BCUT2D eigenvalue weighted by atomic mass is 9.96. The molecule has 1 unspecified atom stereocenters. The second kappa shape index (κ2) is 35.1. The maximum absolute atomic E-state index is 14.5. The number of nitrogens with one attached hydrogen (secondary N) is 4. The Morgan fingerprint density at radius 2 is 1.57 bits per heavy atom. The average molecular weight is 1450 g/mol. The smallest absolute Gasteiger partial charge is 0.345 e. The van der Waals surface area contributed by atoms with Crippen LogP contribution < -0.4 is 45.9 Å². The van der Waals surface area contributed by atoms with Crippen LogP contribution >= 0.6 is 22.9 Å². The third-order valence-corrected chi connectivity index (χ3v) is 19.8. The van der Waals surface area contributed by atoms with Crippen molar-refractivity contribution in [3.05, 3.63) is 161 Å². The summed E-state index contributed by atoms with van der Waals surface area (Å²) in [7, 11) is 3.79. The molecule has 5 aromatic carbocycles. The van der Waals surface area contributed by atoms with Crippen LogP contribution in [0.15, 0.2) is 128 Å². The number of urea groups is 1. The van der Waals surface area contributed by atoms with Crippen LogP contribution in [-0.2, 0) is 53.1 Å². The highest BCUT2D eigenvalue weighted by atomic mass is 35.5. The fourth-order valence-corrected chi connectivity index (χ4v) is 13.7. The van der Waals surface area contributed by atoms with E-state index in [1.165, 1.54) is 29.8 Å². The van der Waals surface area contributed by atoms with E-state index in [2.05, 4.69) is 48.2 Å². The number of methoxy groups -OCH3 is 1. The number of para-hydroxylation sites is 2. The van der Waals surface area contributed by atoms with Gasteiger partial charge >= 0.3 is 12.0 Å². The first-order chi connectivity index (χ1) is 49.5. The minimum atomic E-state index is -1.44. The molecule has 3 aromatic heterocycles. The van der Waals surface area contributed by atoms with Gasteiger partial charge in [-0.3, -0.25) is 33.8 Å². The van der Waals surface area contributed by atoms with Crippen LogP contribution in [0.5, 0.6) is 23.1 Å². The van der Waals surface area contributed by atoms with Gasteiger partial charge in [-0.15, -0.1) is 11.3 Å². The lowest BCUT2D eigenvalue weighted by molar-refractivity contribution is -0.926. The number of thiophene rings is 1. The third-order valence-electron chi connectivity index (χ3n) is 18.2. The number of imide groups is 1. The Hall–Kier alpha value is -10.2. The van der Waals surface area contributed by atoms with Crippen LogP contribution in [0, 0.1) is 24.6 Å². The molecule has 7 N–H and O–H groups in total. The number of aliphatic carboxylic acids is 1. The largest absolute Gasteiger partial charge is 0.496 e.